The normalized spacial score (nSPS) is 17.8. The highest BCUT2D eigenvalue weighted by Gasteiger charge is 2.27. The molecule has 1 atom stereocenters. The summed E-state index contributed by atoms with van der Waals surface area (Å²) in [5.41, 5.74) is 2.08. The van der Waals surface area contributed by atoms with Gasteiger partial charge in [0, 0.05) is 6.07 Å². The number of benzene rings is 1. The lowest BCUT2D eigenvalue weighted by Gasteiger charge is -2.24. The number of aromatic nitrogens is 1. The van der Waals surface area contributed by atoms with Crippen LogP contribution in [0.15, 0.2) is 34.9 Å². The number of aryl methyl sites for hydroxylation is 1. The second-order valence-corrected chi connectivity index (χ2v) is 4.51. The van der Waals surface area contributed by atoms with Crippen molar-refractivity contribution < 1.29 is 14.1 Å². The monoisotopic (exact) mass is 258 g/mol. The average molecular weight is 258 g/mol. The van der Waals surface area contributed by atoms with E-state index in [1.54, 1.807) is 13.0 Å². The van der Waals surface area contributed by atoms with Crippen LogP contribution < -0.4 is 5.32 Å². The van der Waals surface area contributed by atoms with Gasteiger partial charge in [-0.1, -0.05) is 29.4 Å². The lowest BCUT2D eigenvalue weighted by atomic mass is 9.97. The Balaban J connectivity index is 1.81. The summed E-state index contributed by atoms with van der Waals surface area (Å²) in [7, 11) is 0. The van der Waals surface area contributed by atoms with E-state index in [9.17, 15) is 4.79 Å². The molecule has 3 rings (SSSR count). The molecule has 0 saturated heterocycles. The minimum atomic E-state index is -0.582. The molecular weight excluding hydrogens is 244 g/mol. The summed E-state index contributed by atoms with van der Waals surface area (Å²) in [5.74, 6) is 0.842. The maximum absolute atomic E-state index is 12.2. The summed E-state index contributed by atoms with van der Waals surface area (Å²) in [5, 5.41) is 6.45. The number of anilines is 1. The third-order valence-electron chi connectivity index (χ3n) is 3.11. The molecule has 0 aliphatic carbocycles. The molecule has 1 aliphatic heterocycles. The molecule has 1 amide bonds. The van der Waals surface area contributed by atoms with E-state index in [-0.39, 0.29) is 5.91 Å². The van der Waals surface area contributed by atoms with Crippen LogP contribution in [0.3, 0.4) is 0 Å². The van der Waals surface area contributed by atoms with Crippen molar-refractivity contribution in [2.45, 2.75) is 19.4 Å². The van der Waals surface area contributed by atoms with Crippen LogP contribution >= 0.6 is 0 Å². The lowest BCUT2D eigenvalue weighted by molar-refractivity contribution is -0.128. The van der Waals surface area contributed by atoms with Gasteiger partial charge in [-0.3, -0.25) is 4.79 Å². The zero-order chi connectivity index (χ0) is 13.2. The van der Waals surface area contributed by atoms with Crippen LogP contribution in [0.1, 0.15) is 23.0 Å². The molecule has 98 valence electrons. The van der Waals surface area contributed by atoms with Crippen molar-refractivity contribution in [3.05, 3.63) is 47.2 Å². The molecule has 1 N–H and O–H groups in total. The van der Waals surface area contributed by atoms with Crippen molar-refractivity contribution in [2.75, 3.05) is 11.9 Å². The molecule has 1 aliphatic rings. The number of hydrogen-bond acceptors (Lipinski definition) is 4. The summed E-state index contributed by atoms with van der Waals surface area (Å²) in [4.78, 5) is 12.2. The molecule has 1 aromatic carbocycles. The zero-order valence-corrected chi connectivity index (χ0v) is 10.6. The highest BCUT2D eigenvalue weighted by molar-refractivity contribution is 5.94. The molecule has 0 bridgehead atoms. The number of amides is 1. The van der Waals surface area contributed by atoms with E-state index in [4.69, 9.17) is 9.26 Å². The smallest absolute Gasteiger partial charge is 0.259 e. The maximum atomic E-state index is 12.2. The second kappa shape index (κ2) is 4.85. The second-order valence-electron chi connectivity index (χ2n) is 4.51. The summed E-state index contributed by atoms with van der Waals surface area (Å²) in [6, 6.07) is 9.51. The molecule has 0 spiro atoms. The first kappa shape index (κ1) is 11.9. The maximum Gasteiger partial charge on any atom is 0.259 e. The van der Waals surface area contributed by atoms with Gasteiger partial charge in [0.25, 0.3) is 5.91 Å². The molecule has 19 heavy (non-hydrogen) atoms. The van der Waals surface area contributed by atoms with Crippen LogP contribution in [0.5, 0.6) is 0 Å². The van der Waals surface area contributed by atoms with Gasteiger partial charge < -0.3 is 14.6 Å². The average Bonchev–Trinajstić information content (AvgIpc) is 2.83. The summed E-state index contributed by atoms with van der Waals surface area (Å²) in [6.45, 7) is 2.32. The number of carbonyl (C=O) groups excluding carboxylic acids is 1. The first-order chi connectivity index (χ1) is 9.24. The van der Waals surface area contributed by atoms with Gasteiger partial charge >= 0.3 is 0 Å². The van der Waals surface area contributed by atoms with Gasteiger partial charge in [-0.05, 0) is 24.5 Å². The predicted molar refractivity (Wildman–Crippen MR) is 68.7 cm³/mol. The molecule has 5 nitrogen and oxygen atoms in total. The first-order valence-corrected chi connectivity index (χ1v) is 6.17. The Labute approximate surface area is 110 Å². The highest BCUT2D eigenvalue weighted by atomic mass is 16.5. The minimum absolute atomic E-state index is 0.222. The van der Waals surface area contributed by atoms with Crippen molar-refractivity contribution in [2.24, 2.45) is 0 Å². The summed E-state index contributed by atoms with van der Waals surface area (Å²) in [6.07, 6.45) is 0.255. The van der Waals surface area contributed by atoms with Crippen LogP contribution in [-0.2, 0) is 16.0 Å². The number of rotatable bonds is 2. The number of carbonyl (C=O) groups is 1. The molecule has 0 fully saturated rings. The molecule has 1 aromatic heterocycles. The molecule has 2 heterocycles. The fraction of sp³-hybridized carbons (Fsp3) is 0.286. The van der Waals surface area contributed by atoms with Crippen molar-refractivity contribution in [1.29, 1.82) is 0 Å². The van der Waals surface area contributed by atoms with Gasteiger partial charge in [0.1, 0.15) is 5.76 Å². The Morgan fingerprint density at radius 2 is 2.26 bits per heavy atom. The van der Waals surface area contributed by atoms with Crippen LogP contribution in [0.25, 0.3) is 0 Å². The molecule has 0 radical (unpaired) electrons. The van der Waals surface area contributed by atoms with E-state index >= 15 is 0 Å². The fourth-order valence-corrected chi connectivity index (χ4v) is 2.23. The van der Waals surface area contributed by atoms with Crippen molar-refractivity contribution in [3.63, 3.8) is 0 Å². The zero-order valence-electron chi connectivity index (χ0n) is 10.6. The molecule has 0 saturated carbocycles. The topological polar surface area (TPSA) is 64.4 Å². The quantitative estimate of drug-likeness (QED) is 0.897. The lowest BCUT2D eigenvalue weighted by Crippen LogP contribution is -2.28. The molecule has 5 heteroatoms. The van der Waals surface area contributed by atoms with E-state index in [0.717, 1.165) is 17.5 Å². The van der Waals surface area contributed by atoms with Gasteiger partial charge in [0.2, 0.25) is 0 Å². The fourth-order valence-electron chi connectivity index (χ4n) is 2.23. The molecule has 2 aromatic rings. The van der Waals surface area contributed by atoms with Gasteiger partial charge in [-0.15, -0.1) is 0 Å². The van der Waals surface area contributed by atoms with Crippen LogP contribution in [-0.4, -0.2) is 17.7 Å². The SMILES string of the molecule is Cc1cc(NC(=O)[C@@H]2OCCc3ccccc32)no1. The Kier molecular flexibility index (Phi) is 3.05. The van der Waals surface area contributed by atoms with Gasteiger partial charge in [-0.25, -0.2) is 0 Å². The molecule has 0 unspecified atom stereocenters. The van der Waals surface area contributed by atoms with Crippen molar-refractivity contribution in [3.8, 4) is 0 Å². The summed E-state index contributed by atoms with van der Waals surface area (Å²) < 4.78 is 10.5. The number of ether oxygens (including phenoxy) is 1. The Morgan fingerprint density at radius 3 is 3.05 bits per heavy atom. The highest BCUT2D eigenvalue weighted by Crippen LogP contribution is 2.27. The van der Waals surface area contributed by atoms with E-state index in [1.165, 1.54) is 0 Å². The predicted octanol–water partition coefficient (Wildman–Crippen LogP) is 2.24. The summed E-state index contributed by atoms with van der Waals surface area (Å²) >= 11 is 0. The minimum Gasteiger partial charge on any atom is -0.363 e. The van der Waals surface area contributed by atoms with E-state index in [0.29, 0.717) is 18.2 Å². The Hall–Kier alpha value is -2.14. The number of fused-ring (bicyclic) bond motifs is 1. The first-order valence-electron chi connectivity index (χ1n) is 6.17. The number of nitrogens with one attached hydrogen (secondary N) is 1. The van der Waals surface area contributed by atoms with Crippen LogP contribution in [0, 0.1) is 6.92 Å². The number of nitrogens with zero attached hydrogens (tertiary/aromatic N) is 1. The molecular formula is C14H14N2O3. The third-order valence-corrected chi connectivity index (χ3v) is 3.11. The Bertz CT molecular complexity index is 606. The largest absolute Gasteiger partial charge is 0.363 e. The Morgan fingerprint density at radius 1 is 1.42 bits per heavy atom. The van der Waals surface area contributed by atoms with Gasteiger partial charge in [-0.2, -0.15) is 0 Å². The van der Waals surface area contributed by atoms with Gasteiger partial charge in [0.15, 0.2) is 11.9 Å². The number of hydrogen-bond donors (Lipinski definition) is 1. The van der Waals surface area contributed by atoms with E-state index < -0.39 is 6.10 Å². The van der Waals surface area contributed by atoms with Crippen LogP contribution in [0.2, 0.25) is 0 Å². The van der Waals surface area contributed by atoms with Crippen molar-refractivity contribution in [1.82, 2.24) is 5.16 Å². The van der Waals surface area contributed by atoms with Crippen molar-refractivity contribution >= 4 is 11.7 Å². The van der Waals surface area contributed by atoms with E-state index in [2.05, 4.69) is 10.5 Å². The van der Waals surface area contributed by atoms with Gasteiger partial charge in [0.05, 0.1) is 6.61 Å². The van der Waals surface area contributed by atoms with Crippen LogP contribution in [0.4, 0.5) is 5.82 Å². The third kappa shape index (κ3) is 2.37. The standard InChI is InChI=1S/C14H14N2O3/c1-9-8-12(16-19-9)15-14(17)13-11-5-3-2-4-10(11)6-7-18-13/h2-5,8,13H,6-7H2,1H3,(H,15,16,17)/t13-/m1/s1. The van der Waals surface area contributed by atoms with E-state index in [1.807, 2.05) is 24.3 Å².